The van der Waals surface area contributed by atoms with Crippen LogP contribution in [0.1, 0.15) is 26.7 Å². The molecule has 0 aromatic carbocycles. The largest absolute Gasteiger partial charge is 0.509 e. The van der Waals surface area contributed by atoms with Crippen LogP contribution in [-0.2, 0) is 18.9 Å². The summed E-state index contributed by atoms with van der Waals surface area (Å²) in [6.07, 6.45) is 0.453. The number of ether oxygens (including phenoxy) is 4. The Labute approximate surface area is 95.0 Å². The van der Waals surface area contributed by atoms with Crippen molar-refractivity contribution in [3.63, 3.8) is 0 Å². The van der Waals surface area contributed by atoms with Gasteiger partial charge in [0.25, 0.3) is 0 Å². The molecule has 0 aromatic heterocycles. The summed E-state index contributed by atoms with van der Waals surface area (Å²) >= 11 is 0. The van der Waals surface area contributed by atoms with E-state index >= 15 is 0 Å². The van der Waals surface area contributed by atoms with Crippen LogP contribution in [0, 0.1) is 0 Å². The predicted octanol–water partition coefficient (Wildman–Crippen LogP) is 1.49. The zero-order valence-electron chi connectivity index (χ0n) is 9.68. The molecule has 4 atom stereocenters. The molecule has 16 heavy (non-hydrogen) atoms. The Hall–Kier alpha value is -0.810. The van der Waals surface area contributed by atoms with Crippen molar-refractivity contribution in [2.45, 2.75) is 51.1 Å². The third-order valence-electron chi connectivity index (χ3n) is 3.11. The van der Waals surface area contributed by atoms with Crippen LogP contribution in [-0.4, -0.2) is 43.8 Å². The summed E-state index contributed by atoms with van der Waals surface area (Å²) in [5.74, 6) is 0. The van der Waals surface area contributed by atoms with Gasteiger partial charge in [0.2, 0.25) is 0 Å². The van der Waals surface area contributed by atoms with Crippen LogP contribution in [0.4, 0.5) is 4.79 Å². The molecule has 2 rings (SSSR count). The lowest BCUT2D eigenvalue weighted by Gasteiger charge is -2.18. The Kier molecular flexibility index (Phi) is 3.66. The standard InChI is InChI=1S/C11H18O5/c1-7-9(3-5-13-7)15-11(12)16-10-4-6-14-8(10)2/h7-10H,3-6H2,1-2H3. The summed E-state index contributed by atoms with van der Waals surface area (Å²) in [7, 11) is 0. The van der Waals surface area contributed by atoms with E-state index in [0.717, 1.165) is 12.8 Å². The molecule has 0 aromatic rings. The molecular formula is C11H18O5. The summed E-state index contributed by atoms with van der Waals surface area (Å²) in [4.78, 5) is 11.5. The van der Waals surface area contributed by atoms with Gasteiger partial charge < -0.3 is 18.9 Å². The first-order valence-corrected chi connectivity index (χ1v) is 5.77. The molecule has 0 amide bonds. The van der Waals surface area contributed by atoms with Gasteiger partial charge in [0.1, 0.15) is 12.2 Å². The monoisotopic (exact) mass is 230 g/mol. The van der Waals surface area contributed by atoms with Gasteiger partial charge in [-0.05, 0) is 13.8 Å². The topological polar surface area (TPSA) is 54.0 Å². The van der Waals surface area contributed by atoms with Crippen molar-refractivity contribution in [2.75, 3.05) is 13.2 Å². The molecule has 2 aliphatic heterocycles. The van der Waals surface area contributed by atoms with Crippen molar-refractivity contribution in [3.05, 3.63) is 0 Å². The van der Waals surface area contributed by atoms with E-state index in [1.807, 2.05) is 13.8 Å². The van der Waals surface area contributed by atoms with Crippen LogP contribution >= 0.6 is 0 Å². The minimum absolute atomic E-state index is 0.0372. The van der Waals surface area contributed by atoms with Crippen molar-refractivity contribution < 1.29 is 23.7 Å². The fourth-order valence-corrected chi connectivity index (χ4v) is 2.01. The Morgan fingerprint density at radius 3 is 1.75 bits per heavy atom. The van der Waals surface area contributed by atoms with Crippen LogP contribution in [0.15, 0.2) is 0 Å². The Balaban J connectivity index is 1.75. The highest BCUT2D eigenvalue weighted by Gasteiger charge is 2.32. The Bertz CT molecular complexity index is 231. The van der Waals surface area contributed by atoms with Gasteiger partial charge in [-0.15, -0.1) is 0 Å². The van der Waals surface area contributed by atoms with Crippen LogP contribution in [0.2, 0.25) is 0 Å². The molecule has 0 spiro atoms. The van der Waals surface area contributed by atoms with Gasteiger partial charge in [-0.25, -0.2) is 4.79 Å². The fraction of sp³-hybridized carbons (Fsp3) is 0.909. The molecule has 2 fully saturated rings. The first-order valence-electron chi connectivity index (χ1n) is 5.77. The molecule has 5 nitrogen and oxygen atoms in total. The summed E-state index contributed by atoms with van der Waals surface area (Å²) in [5, 5.41) is 0. The number of carbonyl (C=O) groups excluding carboxylic acids is 1. The zero-order valence-corrected chi connectivity index (χ0v) is 9.68. The summed E-state index contributed by atoms with van der Waals surface area (Å²) in [6.45, 7) is 5.07. The van der Waals surface area contributed by atoms with Gasteiger partial charge in [-0.3, -0.25) is 0 Å². The lowest BCUT2D eigenvalue weighted by Crippen LogP contribution is -2.30. The zero-order chi connectivity index (χ0) is 11.5. The highest BCUT2D eigenvalue weighted by molar-refractivity contribution is 5.60. The maximum absolute atomic E-state index is 11.5. The molecule has 2 heterocycles. The van der Waals surface area contributed by atoms with Crippen molar-refractivity contribution >= 4 is 6.16 Å². The average molecular weight is 230 g/mol. The minimum Gasteiger partial charge on any atom is -0.428 e. The van der Waals surface area contributed by atoms with Crippen LogP contribution in [0.5, 0.6) is 0 Å². The number of hydrogen-bond donors (Lipinski definition) is 0. The van der Waals surface area contributed by atoms with Crippen molar-refractivity contribution in [1.82, 2.24) is 0 Å². The molecule has 0 aliphatic carbocycles. The number of hydrogen-bond acceptors (Lipinski definition) is 5. The highest BCUT2D eigenvalue weighted by atomic mass is 16.7. The smallest absolute Gasteiger partial charge is 0.428 e. The molecule has 0 saturated carbocycles. The first-order chi connectivity index (χ1) is 7.66. The lowest BCUT2D eigenvalue weighted by atomic mass is 10.2. The molecule has 2 saturated heterocycles. The first kappa shape index (κ1) is 11.7. The van der Waals surface area contributed by atoms with Gasteiger partial charge in [0.15, 0.2) is 0 Å². The van der Waals surface area contributed by atoms with Gasteiger partial charge in [-0.2, -0.15) is 0 Å². The van der Waals surface area contributed by atoms with Crippen molar-refractivity contribution in [1.29, 1.82) is 0 Å². The quantitative estimate of drug-likeness (QED) is 0.673. The molecule has 0 N–H and O–H groups in total. The van der Waals surface area contributed by atoms with Gasteiger partial charge in [-0.1, -0.05) is 0 Å². The van der Waals surface area contributed by atoms with Crippen molar-refractivity contribution in [2.24, 2.45) is 0 Å². The van der Waals surface area contributed by atoms with Gasteiger partial charge >= 0.3 is 6.16 Å². The molecule has 2 aliphatic rings. The summed E-state index contributed by atoms with van der Waals surface area (Å²) < 4.78 is 21.0. The lowest BCUT2D eigenvalue weighted by molar-refractivity contribution is -0.0354. The summed E-state index contributed by atoms with van der Waals surface area (Å²) in [5.41, 5.74) is 0. The molecular weight excluding hydrogens is 212 g/mol. The summed E-state index contributed by atoms with van der Waals surface area (Å²) in [6, 6.07) is 0. The van der Waals surface area contributed by atoms with E-state index in [0.29, 0.717) is 13.2 Å². The second-order valence-electron chi connectivity index (χ2n) is 4.29. The SMILES string of the molecule is CC1OCCC1OC(=O)OC1CCOC1C. The Morgan fingerprint density at radius 2 is 1.44 bits per heavy atom. The van der Waals surface area contributed by atoms with E-state index in [2.05, 4.69) is 0 Å². The minimum atomic E-state index is -0.607. The maximum atomic E-state index is 11.5. The number of carbonyl (C=O) groups is 1. The molecule has 92 valence electrons. The second kappa shape index (κ2) is 5.01. The van der Waals surface area contributed by atoms with E-state index in [1.165, 1.54) is 0 Å². The Morgan fingerprint density at radius 1 is 1.00 bits per heavy atom. The van der Waals surface area contributed by atoms with Gasteiger partial charge in [0.05, 0.1) is 25.4 Å². The highest BCUT2D eigenvalue weighted by Crippen LogP contribution is 2.20. The fourth-order valence-electron chi connectivity index (χ4n) is 2.01. The molecule has 0 radical (unpaired) electrons. The third-order valence-corrected chi connectivity index (χ3v) is 3.11. The van der Waals surface area contributed by atoms with Crippen LogP contribution in [0.3, 0.4) is 0 Å². The van der Waals surface area contributed by atoms with Crippen molar-refractivity contribution in [3.8, 4) is 0 Å². The van der Waals surface area contributed by atoms with E-state index in [-0.39, 0.29) is 24.4 Å². The van der Waals surface area contributed by atoms with Crippen LogP contribution in [0.25, 0.3) is 0 Å². The normalized spacial score (nSPS) is 38.6. The van der Waals surface area contributed by atoms with Gasteiger partial charge in [0, 0.05) is 12.8 Å². The van der Waals surface area contributed by atoms with E-state index in [1.54, 1.807) is 0 Å². The van der Waals surface area contributed by atoms with E-state index in [9.17, 15) is 4.79 Å². The van der Waals surface area contributed by atoms with E-state index in [4.69, 9.17) is 18.9 Å². The van der Waals surface area contributed by atoms with Crippen LogP contribution < -0.4 is 0 Å². The second-order valence-corrected chi connectivity index (χ2v) is 4.29. The van der Waals surface area contributed by atoms with E-state index < -0.39 is 6.16 Å². The maximum Gasteiger partial charge on any atom is 0.509 e. The molecule has 0 bridgehead atoms. The number of rotatable bonds is 2. The predicted molar refractivity (Wildman–Crippen MR) is 55.2 cm³/mol. The average Bonchev–Trinajstić information content (AvgIpc) is 2.79. The molecule has 4 unspecified atom stereocenters. The third kappa shape index (κ3) is 2.65. The molecule has 5 heteroatoms.